The fraction of sp³-hybridized carbons (Fsp3) is 0.417. The lowest BCUT2D eigenvalue weighted by Crippen LogP contribution is -2.29. The van der Waals surface area contributed by atoms with Crippen LogP contribution in [0, 0.1) is 5.92 Å². The highest BCUT2D eigenvalue weighted by atomic mass is 16.5. The molecule has 0 aliphatic heterocycles. The molecule has 1 aliphatic rings. The Hall–Kier alpha value is -3.02. The van der Waals surface area contributed by atoms with Crippen LogP contribution in [0.1, 0.15) is 44.5 Å². The highest BCUT2D eigenvalue weighted by Gasteiger charge is 2.31. The van der Waals surface area contributed by atoms with E-state index in [0.717, 1.165) is 60.6 Å². The number of para-hydroxylation sites is 4. The number of imidazole rings is 1. The summed E-state index contributed by atoms with van der Waals surface area (Å²) < 4.78 is 13.5. The van der Waals surface area contributed by atoms with Crippen molar-refractivity contribution in [2.24, 2.45) is 5.92 Å². The Morgan fingerprint density at radius 1 is 1.13 bits per heavy atom. The molecule has 1 fully saturated rings. The molecule has 1 N–H and O–H groups in total. The maximum atomic E-state index is 12.2. The average molecular weight is 408 g/mol. The molecule has 1 unspecified atom stereocenters. The summed E-state index contributed by atoms with van der Waals surface area (Å²) in [6, 6.07) is 15.7. The van der Waals surface area contributed by atoms with Gasteiger partial charge in [0.2, 0.25) is 5.91 Å². The first kappa shape index (κ1) is 20.3. The minimum Gasteiger partial charge on any atom is -0.493 e. The van der Waals surface area contributed by atoms with E-state index in [1.165, 1.54) is 0 Å². The average Bonchev–Trinajstić information content (AvgIpc) is 3.55. The second kappa shape index (κ2) is 9.20. The van der Waals surface area contributed by atoms with Crippen molar-refractivity contribution in [3.8, 4) is 11.5 Å². The summed E-state index contributed by atoms with van der Waals surface area (Å²) in [5.41, 5.74) is 2.07. The first-order valence-electron chi connectivity index (χ1n) is 10.7. The van der Waals surface area contributed by atoms with Gasteiger partial charge in [0.15, 0.2) is 11.5 Å². The minimum absolute atomic E-state index is 0.115. The number of carbonyl (C=O) groups excluding carboxylic acids is 1. The SMILES string of the molecule is COc1ccccc1OCCCCn1c(C(C)NC(=O)C2CC2)nc2ccccc21. The third kappa shape index (κ3) is 4.58. The van der Waals surface area contributed by atoms with Crippen molar-refractivity contribution in [3.63, 3.8) is 0 Å². The molecule has 1 aliphatic carbocycles. The van der Waals surface area contributed by atoms with Crippen molar-refractivity contribution < 1.29 is 14.3 Å². The Bertz CT molecular complexity index is 1010. The van der Waals surface area contributed by atoms with E-state index in [1.807, 2.05) is 49.4 Å². The Morgan fingerprint density at radius 3 is 2.63 bits per heavy atom. The van der Waals surface area contributed by atoms with Crippen LogP contribution in [0.15, 0.2) is 48.5 Å². The second-order valence-corrected chi connectivity index (χ2v) is 7.82. The summed E-state index contributed by atoms with van der Waals surface area (Å²) in [4.78, 5) is 17.0. The van der Waals surface area contributed by atoms with Gasteiger partial charge in [0.25, 0.3) is 0 Å². The van der Waals surface area contributed by atoms with Crippen LogP contribution in [-0.4, -0.2) is 29.2 Å². The van der Waals surface area contributed by atoms with Gasteiger partial charge in [-0.2, -0.15) is 0 Å². The van der Waals surface area contributed by atoms with Gasteiger partial charge in [-0.15, -0.1) is 0 Å². The molecule has 0 bridgehead atoms. The number of benzene rings is 2. The standard InChI is InChI=1S/C24H29N3O3/c1-17(25-24(28)18-13-14-18)23-26-19-9-3-4-10-20(19)27(23)15-7-8-16-30-22-12-6-5-11-21(22)29-2/h3-6,9-12,17-18H,7-8,13-16H2,1-2H3,(H,25,28). The monoisotopic (exact) mass is 407 g/mol. The topological polar surface area (TPSA) is 65.4 Å². The first-order valence-corrected chi connectivity index (χ1v) is 10.7. The Kier molecular flexibility index (Phi) is 6.21. The first-order chi connectivity index (χ1) is 14.7. The normalized spacial score (nSPS) is 14.5. The molecule has 1 aromatic heterocycles. The highest BCUT2D eigenvalue weighted by molar-refractivity contribution is 5.81. The zero-order valence-corrected chi connectivity index (χ0v) is 17.6. The van der Waals surface area contributed by atoms with Gasteiger partial charge in [-0.25, -0.2) is 4.98 Å². The Labute approximate surface area is 177 Å². The number of unbranched alkanes of at least 4 members (excludes halogenated alkanes) is 1. The van der Waals surface area contributed by atoms with Crippen molar-refractivity contribution in [2.45, 2.75) is 45.2 Å². The van der Waals surface area contributed by atoms with Gasteiger partial charge in [-0.1, -0.05) is 24.3 Å². The van der Waals surface area contributed by atoms with Crippen LogP contribution in [-0.2, 0) is 11.3 Å². The number of rotatable bonds is 10. The maximum Gasteiger partial charge on any atom is 0.223 e. The van der Waals surface area contributed by atoms with Crippen molar-refractivity contribution in [2.75, 3.05) is 13.7 Å². The van der Waals surface area contributed by atoms with Crippen molar-refractivity contribution in [1.29, 1.82) is 0 Å². The molecule has 1 amide bonds. The molecule has 1 heterocycles. The zero-order chi connectivity index (χ0) is 20.9. The lowest BCUT2D eigenvalue weighted by atomic mass is 10.2. The summed E-state index contributed by atoms with van der Waals surface area (Å²) in [5.74, 6) is 2.77. The number of aryl methyl sites for hydroxylation is 1. The van der Waals surface area contributed by atoms with E-state index in [4.69, 9.17) is 14.5 Å². The summed E-state index contributed by atoms with van der Waals surface area (Å²) >= 11 is 0. The van der Waals surface area contributed by atoms with Crippen LogP contribution in [0.4, 0.5) is 0 Å². The molecule has 0 radical (unpaired) electrons. The van der Waals surface area contributed by atoms with E-state index in [9.17, 15) is 4.79 Å². The lowest BCUT2D eigenvalue weighted by molar-refractivity contribution is -0.123. The minimum atomic E-state index is -0.115. The number of hydrogen-bond acceptors (Lipinski definition) is 4. The molecule has 1 saturated carbocycles. The number of nitrogens with zero attached hydrogens (tertiary/aromatic N) is 2. The predicted octanol–water partition coefficient (Wildman–Crippen LogP) is 4.49. The van der Waals surface area contributed by atoms with E-state index < -0.39 is 0 Å². The van der Waals surface area contributed by atoms with Gasteiger partial charge in [0.1, 0.15) is 5.82 Å². The van der Waals surface area contributed by atoms with Gasteiger partial charge in [0.05, 0.1) is 30.8 Å². The van der Waals surface area contributed by atoms with E-state index >= 15 is 0 Å². The zero-order valence-electron chi connectivity index (χ0n) is 17.6. The maximum absolute atomic E-state index is 12.2. The fourth-order valence-corrected chi connectivity index (χ4v) is 3.69. The molecule has 4 rings (SSSR count). The van der Waals surface area contributed by atoms with Crippen LogP contribution in [0.2, 0.25) is 0 Å². The fourth-order valence-electron chi connectivity index (χ4n) is 3.69. The summed E-state index contributed by atoms with van der Waals surface area (Å²) in [5, 5.41) is 3.13. The largest absolute Gasteiger partial charge is 0.493 e. The third-order valence-electron chi connectivity index (χ3n) is 5.48. The number of nitrogens with one attached hydrogen (secondary N) is 1. The number of hydrogen-bond donors (Lipinski definition) is 1. The highest BCUT2D eigenvalue weighted by Crippen LogP contribution is 2.30. The molecule has 0 saturated heterocycles. The van der Waals surface area contributed by atoms with E-state index in [2.05, 4.69) is 16.0 Å². The van der Waals surface area contributed by atoms with Crippen molar-refractivity contribution >= 4 is 16.9 Å². The van der Waals surface area contributed by atoms with Crippen molar-refractivity contribution in [1.82, 2.24) is 14.9 Å². The molecule has 30 heavy (non-hydrogen) atoms. The number of aromatic nitrogens is 2. The van der Waals surface area contributed by atoms with Gasteiger partial charge < -0.3 is 19.4 Å². The van der Waals surface area contributed by atoms with Crippen LogP contribution in [0.3, 0.4) is 0 Å². The van der Waals surface area contributed by atoms with Gasteiger partial charge in [-0.3, -0.25) is 4.79 Å². The van der Waals surface area contributed by atoms with Gasteiger partial charge in [-0.05, 0) is 56.9 Å². The summed E-state index contributed by atoms with van der Waals surface area (Å²) in [7, 11) is 1.65. The number of fused-ring (bicyclic) bond motifs is 1. The van der Waals surface area contributed by atoms with Crippen molar-refractivity contribution in [3.05, 3.63) is 54.4 Å². The molecule has 158 valence electrons. The summed E-state index contributed by atoms with van der Waals surface area (Å²) in [6.07, 6.45) is 3.86. The van der Waals surface area contributed by atoms with Gasteiger partial charge >= 0.3 is 0 Å². The Balaban J connectivity index is 1.39. The van der Waals surface area contributed by atoms with Crippen LogP contribution < -0.4 is 14.8 Å². The number of amides is 1. The molecule has 3 aromatic rings. The Morgan fingerprint density at radius 2 is 1.87 bits per heavy atom. The van der Waals surface area contributed by atoms with Gasteiger partial charge in [0, 0.05) is 12.5 Å². The van der Waals surface area contributed by atoms with Crippen LogP contribution in [0.25, 0.3) is 11.0 Å². The molecule has 6 heteroatoms. The molecular formula is C24H29N3O3. The smallest absolute Gasteiger partial charge is 0.223 e. The molecule has 6 nitrogen and oxygen atoms in total. The predicted molar refractivity (Wildman–Crippen MR) is 117 cm³/mol. The number of carbonyl (C=O) groups is 1. The molecular weight excluding hydrogens is 378 g/mol. The number of methoxy groups -OCH3 is 1. The third-order valence-corrected chi connectivity index (χ3v) is 5.48. The van der Waals surface area contributed by atoms with E-state index in [1.54, 1.807) is 7.11 Å². The quantitative estimate of drug-likeness (QED) is 0.503. The van der Waals surface area contributed by atoms with Crippen LogP contribution in [0.5, 0.6) is 11.5 Å². The number of ether oxygens (including phenoxy) is 2. The van der Waals surface area contributed by atoms with E-state index in [-0.39, 0.29) is 17.9 Å². The van der Waals surface area contributed by atoms with Crippen LogP contribution >= 0.6 is 0 Å². The molecule has 2 aromatic carbocycles. The summed E-state index contributed by atoms with van der Waals surface area (Å²) in [6.45, 7) is 3.47. The lowest BCUT2D eigenvalue weighted by Gasteiger charge is -2.16. The molecule has 1 atom stereocenters. The molecule has 0 spiro atoms. The van der Waals surface area contributed by atoms with E-state index in [0.29, 0.717) is 6.61 Å². The second-order valence-electron chi connectivity index (χ2n) is 7.82.